The molecule has 0 spiro atoms. The van der Waals surface area contributed by atoms with Crippen LogP contribution in [0.4, 0.5) is 0 Å². The monoisotopic (exact) mass is 200 g/mol. The normalized spacial score (nSPS) is 26.0. The summed E-state index contributed by atoms with van der Waals surface area (Å²) in [6, 6.07) is 0. The van der Waals surface area contributed by atoms with E-state index in [2.05, 4.69) is 9.98 Å². The van der Waals surface area contributed by atoms with Crippen molar-refractivity contribution in [2.75, 3.05) is 0 Å². The van der Waals surface area contributed by atoms with Crippen LogP contribution in [-0.4, -0.2) is 21.3 Å². The van der Waals surface area contributed by atoms with Crippen LogP contribution in [0.25, 0.3) is 0 Å². The molecule has 4 nitrogen and oxygen atoms in total. The molecule has 1 unspecified atom stereocenters. The van der Waals surface area contributed by atoms with Gasteiger partial charge >= 0.3 is 0 Å². The molecular formula is C3H3Cl3N4. The van der Waals surface area contributed by atoms with Gasteiger partial charge in [0.1, 0.15) is 0 Å². The second-order valence-electron chi connectivity index (χ2n) is 1.50. The summed E-state index contributed by atoms with van der Waals surface area (Å²) in [5.41, 5.74) is 5.32. The zero-order valence-corrected chi connectivity index (χ0v) is 6.90. The van der Waals surface area contributed by atoms with Crippen molar-refractivity contribution < 1.29 is 0 Å². The number of rotatable bonds is 0. The highest BCUT2D eigenvalue weighted by molar-refractivity contribution is 6.73. The summed E-state index contributed by atoms with van der Waals surface area (Å²) in [5.74, 6) is 0. The van der Waals surface area contributed by atoms with Crippen molar-refractivity contribution in [1.82, 2.24) is 4.42 Å². The second-order valence-corrected chi connectivity index (χ2v) is 2.54. The predicted octanol–water partition coefficient (Wildman–Crippen LogP) is 0.888. The van der Waals surface area contributed by atoms with Crippen LogP contribution < -0.4 is 5.73 Å². The van der Waals surface area contributed by atoms with E-state index in [-0.39, 0.29) is 10.6 Å². The van der Waals surface area contributed by atoms with Crippen LogP contribution in [0, 0.1) is 0 Å². The van der Waals surface area contributed by atoms with Crippen LogP contribution in [-0.2, 0) is 0 Å². The highest BCUT2D eigenvalue weighted by Crippen LogP contribution is 2.12. The van der Waals surface area contributed by atoms with Gasteiger partial charge in [-0.2, -0.15) is 4.99 Å². The Balaban J connectivity index is 2.85. The molecule has 0 bridgehead atoms. The van der Waals surface area contributed by atoms with E-state index in [0.717, 1.165) is 4.42 Å². The Labute approximate surface area is 72.4 Å². The Morgan fingerprint density at radius 2 is 2.10 bits per heavy atom. The van der Waals surface area contributed by atoms with E-state index in [1.807, 2.05) is 0 Å². The zero-order chi connectivity index (χ0) is 7.72. The molecule has 1 rings (SSSR count). The number of nitrogens with zero attached hydrogens (tertiary/aromatic N) is 3. The van der Waals surface area contributed by atoms with Crippen LogP contribution in [0.2, 0.25) is 0 Å². The van der Waals surface area contributed by atoms with Crippen molar-refractivity contribution in [1.29, 1.82) is 0 Å². The fourth-order valence-electron chi connectivity index (χ4n) is 0.422. The van der Waals surface area contributed by atoms with Gasteiger partial charge in [-0.25, -0.2) is 9.41 Å². The molecule has 0 aromatic carbocycles. The first-order valence-corrected chi connectivity index (χ1v) is 3.39. The third kappa shape index (κ3) is 1.52. The molecule has 0 fully saturated rings. The van der Waals surface area contributed by atoms with Gasteiger partial charge in [-0.3, -0.25) is 5.73 Å². The SMILES string of the molecule is NC1N=C(Cl)N=C(Cl)N1Cl. The number of amidine groups is 2. The van der Waals surface area contributed by atoms with Crippen molar-refractivity contribution in [3.8, 4) is 0 Å². The fourth-order valence-corrected chi connectivity index (χ4v) is 0.907. The highest BCUT2D eigenvalue weighted by atomic mass is 35.5. The number of aliphatic imine (C=N–C) groups is 2. The number of hydrogen-bond acceptors (Lipinski definition) is 4. The summed E-state index contributed by atoms with van der Waals surface area (Å²) in [6.45, 7) is 0. The second kappa shape index (κ2) is 2.92. The molecule has 0 saturated carbocycles. The van der Waals surface area contributed by atoms with E-state index in [0.29, 0.717) is 0 Å². The standard InChI is InChI=1S/C3H3Cl3N4/c4-1-8-2(5)10(6)3(7)9-1/h3H,7H2. The molecule has 1 aliphatic rings. The average Bonchev–Trinajstić information content (AvgIpc) is 1.82. The van der Waals surface area contributed by atoms with Gasteiger partial charge in [-0.1, -0.05) is 0 Å². The minimum absolute atomic E-state index is 0.00870. The molecule has 0 aromatic rings. The molecule has 1 atom stereocenters. The number of nitrogens with two attached hydrogens (primary N) is 1. The molecular weight excluding hydrogens is 198 g/mol. The molecule has 0 saturated heterocycles. The van der Waals surface area contributed by atoms with Crippen LogP contribution in [0.15, 0.2) is 9.98 Å². The van der Waals surface area contributed by atoms with Crippen molar-refractivity contribution >= 4 is 45.6 Å². The third-order valence-corrected chi connectivity index (χ3v) is 1.73. The lowest BCUT2D eigenvalue weighted by molar-refractivity contribution is 0.494. The molecule has 0 radical (unpaired) electrons. The largest absolute Gasteiger partial charge is 0.291 e. The Hall–Kier alpha value is -0.0300. The summed E-state index contributed by atoms with van der Waals surface area (Å²) >= 11 is 16.3. The quantitative estimate of drug-likeness (QED) is 0.467. The van der Waals surface area contributed by atoms with E-state index in [1.54, 1.807) is 0 Å². The van der Waals surface area contributed by atoms with Crippen LogP contribution in [0.5, 0.6) is 0 Å². The van der Waals surface area contributed by atoms with Crippen LogP contribution in [0.1, 0.15) is 0 Å². The van der Waals surface area contributed by atoms with Gasteiger partial charge in [0, 0.05) is 11.8 Å². The number of hydrogen-bond donors (Lipinski definition) is 1. The van der Waals surface area contributed by atoms with Crippen LogP contribution in [0.3, 0.4) is 0 Å². The zero-order valence-electron chi connectivity index (χ0n) is 4.63. The van der Waals surface area contributed by atoms with Gasteiger partial charge in [-0.15, -0.1) is 0 Å². The summed E-state index contributed by atoms with van der Waals surface area (Å²) in [6.07, 6.45) is -0.751. The lowest BCUT2D eigenvalue weighted by atomic mass is 10.8. The molecule has 10 heavy (non-hydrogen) atoms. The summed E-state index contributed by atoms with van der Waals surface area (Å²) < 4.78 is 0.980. The highest BCUT2D eigenvalue weighted by Gasteiger charge is 2.19. The molecule has 0 aliphatic carbocycles. The van der Waals surface area contributed by atoms with Gasteiger partial charge in [0.05, 0.1) is 0 Å². The number of halogens is 3. The smallest absolute Gasteiger partial charge is 0.223 e. The van der Waals surface area contributed by atoms with Gasteiger partial charge in [0.25, 0.3) is 0 Å². The van der Waals surface area contributed by atoms with Gasteiger partial charge in [0.2, 0.25) is 10.6 Å². The van der Waals surface area contributed by atoms with E-state index < -0.39 is 6.29 Å². The van der Waals surface area contributed by atoms with Crippen LogP contribution >= 0.6 is 35.0 Å². The first-order valence-electron chi connectivity index (χ1n) is 2.29. The maximum atomic E-state index is 5.46. The minimum atomic E-state index is -0.751. The van der Waals surface area contributed by atoms with Gasteiger partial charge < -0.3 is 0 Å². The third-order valence-electron chi connectivity index (χ3n) is 0.832. The van der Waals surface area contributed by atoms with Crippen molar-refractivity contribution in [3.05, 3.63) is 0 Å². The lowest BCUT2D eigenvalue weighted by Gasteiger charge is -2.20. The topological polar surface area (TPSA) is 54.0 Å². The van der Waals surface area contributed by atoms with Crippen molar-refractivity contribution in [3.63, 3.8) is 0 Å². The van der Waals surface area contributed by atoms with E-state index in [9.17, 15) is 0 Å². The van der Waals surface area contributed by atoms with E-state index in [4.69, 9.17) is 40.7 Å². The molecule has 1 heterocycles. The van der Waals surface area contributed by atoms with Gasteiger partial charge in [-0.05, 0) is 23.2 Å². The molecule has 7 heteroatoms. The average molecular weight is 201 g/mol. The first kappa shape index (κ1) is 8.07. The Morgan fingerprint density at radius 3 is 2.60 bits per heavy atom. The predicted molar refractivity (Wildman–Crippen MR) is 42.2 cm³/mol. The summed E-state index contributed by atoms with van der Waals surface area (Å²) in [5, 5.41) is 0.0311. The molecule has 56 valence electrons. The maximum absolute atomic E-state index is 5.46. The minimum Gasteiger partial charge on any atom is -0.291 e. The summed E-state index contributed by atoms with van der Waals surface area (Å²) in [4.78, 5) is 7.12. The van der Waals surface area contributed by atoms with E-state index >= 15 is 0 Å². The summed E-state index contributed by atoms with van der Waals surface area (Å²) in [7, 11) is 0. The van der Waals surface area contributed by atoms with Gasteiger partial charge in [0.15, 0.2) is 6.29 Å². The van der Waals surface area contributed by atoms with Crippen molar-refractivity contribution in [2.45, 2.75) is 6.29 Å². The Morgan fingerprint density at radius 1 is 1.50 bits per heavy atom. The van der Waals surface area contributed by atoms with Crippen molar-refractivity contribution in [2.24, 2.45) is 15.7 Å². The fraction of sp³-hybridized carbons (Fsp3) is 0.333. The van der Waals surface area contributed by atoms with E-state index in [1.165, 1.54) is 0 Å². The lowest BCUT2D eigenvalue weighted by Crippen LogP contribution is -2.39. The Kier molecular flexibility index (Phi) is 2.36. The first-order chi connectivity index (χ1) is 4.61. The molecule has 0 aromatic heterocycles. The Bertz CT molecular complexity index is 200. The molecule has 1 aliphatic heterocycles. The molecule has 2 N–H and O–H groups in total. The molecule has 0 amide bonds. The maximum Gasteiger partial charge on any atom is 0.223 e.